The fraction of sp³-hybridized carbons (Fsp3) is 0.500. The molecule has 2 aliphatic heterocycles. The largest absolute Gasteiger partial charge is 0.445 e. The van der Waals surface area contributed by atoms with Crippen molar-refractivity contribution in [3.8, 4) is 0 Å². The molecule has 2 atom stereocenters. The van der Waals surface area contributed by atoms with E-state index in [0.717, 1.165) is 33.8 Å². The Hall–Kier alpha value is -1.98. The van der Waals surface area contributed by atoms with Crippen molar-refractivity contribution in [2.24, 2.45) is 0 Å². The van der Waals surface area contributed by atoms with Crippen LogP contribution in [0.2, 0.25) is 0 Å². The summed E-state index contributed by atoms with van der Waals surface area (Å²) in [5.74, 6) is -0.238. The zero-order valence-corrected chi connectivity index (χ0v) is 22.5. The molecule has 2 N–H and O–H groups in total. The number of morpholine rings is 1. The number of aryl methyl sites for hydroxylation is 1. The van der Waals surface area contributed by atoms with Crippen LogP contribution in [0.4, 0.5) is 16.2 Å². The first-order valence-corrected chi connectivity index (χ1v) is 13.2. The van der Waals surface area contributed by atoms with Gasteiger partial charge in [-0.15, -0.1) is 15.9 Å². The number of hydrogen-bond acceptors (Lipinski definition) is 6. The van der Waals surface area contributed by atoms with Gasteiger partial charge < -0.3 is 9.64 Å². The van der Waals surface area contributed by atoms with Crippen molar-refractivity contribution in [1.29, 1.82) is 0 Å². The number of ether oxygens (including phenoxy) is 1. The zero-order valence-electron chi connectivity index (χ0n) is 20.1. The SMILES string of the molecule is Cc1cc(NC(=O)[N+]2(NC(=O)c3ccc(Br)s3)CCN(C)CC2)ccc1N1CC(C)OC(C)C1. The number of anilines is 2. The highest BCUT2D eigenvalue weighted by molar-refractivity contribution is 9.11. The van der Waals surface area contributed by atoms with Crippen LogP contribution in [0.3, 0.4) is 0 Å². The summed E-state index contributed by atoms with van der Waals surface area (Å²) in [6.45, 7) is 10.4. The smallest absolute Gasteiger partial charge is 0.372 e. The van der Waals surface area contributed by atoms with Crippen molar-refractivity contribution in [2.75, 3.05) is 56.5 Å². The van der Waals surface area contributed by atoms with Gasteiger partial charge in [0.05, 0.1) is 34.0 Å². The molecule has 3 amide bonds. The summed E-state index contributed by atoms with van der Waals surface area (Å²) in [4.78, 5) is 31.6. The van der Waals surface area contributed by atoms with E-state index in [1.165, 1.54) is 11.3 Å². The fourth-order valence-corrected chi connectivity index (χ4v) is 5.93. The molecule has 34 heavy (non-hydrogen) atoms. The lowest BCUT2D eigenvalue weighted by Gasteiger charge is -2.40. The number of hydrogen-bond donors (Lipinski definition) is 2. The lowest BCUT2D eigenvalue weighted by Crippen LogP contribution is -2.70. The van der Waals surface area contributed by atoms with Crippen LogP contribution in [-0.2, 0) is 4.74 Å². The van der Waals surface area contributed by atoms with Gasteiger partial charge in [-0.1, -0.05) is 0 Å². The molecule has 10 heteroatoms. The van der Waals surface area contributed by atoms with Gasteiger partial charge in [0.1, 0.15) is 13.1 Å². The minimum atomic E-state index is -0.238. The number of carbonyl (C=O) groups excluding carboxylic acids is 2. The molecule has 4 rings (SSSR count). The van der Waals surface area contributed by atoms with Crippen molar-refractivity contribution in [3.05, 3.63) is 44.6 Å². The number of amides is 3. The molecule has 0 aliphatic carbocycles. The summed E-state index contributed by atoms with van der Waals surface area (Å²) in [6.07, 6.45) is 0.355. The van der Waals surface area contributed by atoms with Crippen LogP contribution >= 0.6 is 27.3 Å². The fourth-order valence-electron chi connectivity index (χ4n) is 4.65. The highest BCUT2D eigenvalue weighted by Gasteiger charge is 2.42. The standard InChI is InChI=1S/C24H32BrN5O3S/c1-16-13-19(5-6-20(16)29-14-17(2)33-18(3)15-29)26-24(32)30(11-9-28(4)10-12-30)27-23(31)21-7-8-22(25)34-21/h5-8,13,17-18H,9-12,14-15H2,1-4H3,(H-,26,27,31,32)/p+1. The van der Waals surface area contributed by atoms with Crippen molar-refractivity contribution in [3.63, 3.8) is 0 Å². The number of nitrogens with one attached hydrogen (secondary N) is 2. The molecule has 0 spiro atoms. The molecule has 0 bridgehead atoms. The van der Waals surface area contributed by atoms with Crippen LogP contribution in [0.5, 0.6) is 0 Å². The summed E-state index contributed by atoms with van der Waals surface area (Å²) in [7, 11) is 2.03. The maximum absolute atomic E-state index is 13.5. The molecule has 3 heterocycles. The molecule has 2 aliphatic rings. The van der Waals surface area contributed by atoms with Crippen LogP contribution in [0.15, 0.2) is 34.1 Å². The molecular formula is C24H33BrN5O3S+. The van der Waals surface area contributed by atoms with Crippen LogP contribution in [-0.4, -0.2) is 80.0 Å². The van der Waals surface area contributed by atoms with Crippen molar-refractivity contribution in [2.45, 2.75) is 33.0 Å². The highest BCUT2D eigenvalue weighted by atomic mass is 79.9. The van der Waals surface area contributed by atoms with Crippen LogP contribution in [0.1, 0.15) is 29.1 Å². The van der Waals surface area contributed by atoms with Crippen molar-refractivity contribution < 1.29 is 18.9 Å². The first-order valence-electron chi connectivity index (χ1n) is 11.6. The second kappa shape index (κ2) is 10.3. The average Bonchev–Trinajstić information content (AvgIpc) is 3.21. The Morgan fingerprint density at radius 1 is 1.12 bits per heavy atom. The van der Waals surface area contributed by atoms with E-state index in [2.05, 4.69) is 63.3 Å². The summed E-state index contributed by atoms with van der Waals surface area (Å²) in [6, 6.07) is 9.39. The van der Waals surface area contributed by atoms with Gasteiger partial charge in [0, 0.05) is 24.5 Å². The first kappa shape index (κ1) is 25.1. The third-order valence-electron chi connectivity index (χ3n) is 6.44. The Labute approximate surface area is 213 Å². The van der Waals surface area contributed by atoms with Crippen LogP contribution in [0.25, 0.3) is 0 Å². The Morgan fingerprint density at radius 2 is 1.79 bits per heavy atom. The second-order valence-corrected chi connectivity index (χ2v) is 11.8. The minimum Gasteiger partial charge on any atom is -0.372 e. The van der Waals surface area contributed by atoms with E-state index < -0.39 is 0 Å². The van der Waals surface area contributed by atoms with E-state index in [4.69, 9.17) is 4.74 Å². The van der Waals surface area contributed by atoms with E-state index in [9.17, 15) is 9.59 Å². The van der Waals surface area contributed by atoms with Gasteiger partial charge in [0.25, 0.3) is 0 Å². The van der Waals surface area contributed by atoms with Crippen LogP contribution in [0, 0.1) is 6.92 Å². The number of urea groups is 1. The third kappa shape index (κ3) is 5.63. The van der Waals surface area contributed by atoms with Gasteiger partial charge in [0.2, 0.25) is 0 Å². The number of halogens is 1. The highest BCUT2D eigenvalue weighted by Crippen LogP contribution is 2.28. The Bertz CT molecular complexity index is 1040. The number of benzene rings is 1. The van der Waals surface area contributed by atoms with Crippen LogP contribution < -0.4 is 15.6 Å². The number of likely N-dealkylation sites (N-methyl/N-ethyl adjacent to an activating group) is 1. The maximum Gasteiger partial charge on any atom is 0.445 e. The number of thiophene rings is 1. The first-order chi connectivity index (χ1) is 16.1. The van der Waals surface area contributed by atoms with Gasteiger partial charge in [-0.25, -0.2) is 4.79 Å². The van der Waals surface area contributed by atoms with Gasteiger partial charge in [-0.05, 0) is 79.6 Å². The molecule has 1 aromatic carbocycles. The summed E-state index contributed by atoms with van der Waals surface area (Å²) in [5.41, 5.74) is 5.99. The number of carbonyl (C=O) groups is 2. The quantitative estimate of drug-likeness (QED) is 0.563. The molecule has 0 radical (unpaired) electrons. The molecule has 1 aromatic heterocycles. The summed E-state index contributed by atoms with van der Waals surface area (Å²) < 4.78 is 6.62. The van der Waals surface area contributed by atoms with Gasteiger partial charge in [0.15, 0.2) is 0 Å². The predicted octanol–water partition coefficient (Wildman–Crippen LogP) is 4.07. The Kier molecular flexibility index (Phi) is 7.63. The summed E-state index contributed by atoms with van der Waals surface area (Å²) in [5, 5.41) is 3.07. The number of rotatable bonds is 3. The van der Waals surface area contributed by atoms with Crippen molar-refractivity contribution >= 4 is 50.6 Å². The lowest BCUT2D eigenvalue weighted by atomic mass is 10.1. The van der Waals surface area contributed by atoms with E-state index >= 15 is 0 Å². The average molecular weight is 552 g/mol. The summed E-state index contributed by atoms with van der Waals surface area (Å²) >= 11 is 4.76. The Morgan fingerprint density at radius 3 is 2.38 bits per heavy atom. The topological polar surface area (TPSA) is 73.9 Å². The molecule has 2 aromatic rings. The van der Waals surface area contributed by atoms with Gasteiger partial charge >= 0.3 is 11.9 Å². The van der Waals surface area contributed by atoms with Gasteiger partial charge in [-0.3, -0.25) is 15.0 Å². The minimum absolute atomic E-state index is 0.127. The molecule has 2 unspecified atom stereocenters. The lowest BCUT2D eigenvalue weighted by molar-refractivity contribution is -0.887. The molecular weight excluding hydrogens is 518 g/mol. The van der Waals surface area contributed by atoms with E-state index in [1.807, 2.05) is 25.2 Å². The predicted molar refractivity (Wildman–Crippen MR) is 139 cm³/mol. The third-order valence-corrected chi connectivity index (χ3v) is 8.06. The zero-order chi connectivity index (χ0) is 24.5. The number of quaternary nitrogens is 1. The molecule has 2 saturated heterocycles. The number of piperazine rings is 1. The molecule has 2 fully saturated rings. The number of nitrogens with zero attached hydrogens (tertiary/aromatic N) is 3. The van der Waals surface area contributed by atoms with Crippen molar-refractivity contribution in [1.82, 2.24) is 10.3 Å². The maximum atomic E-state index is 13.5. The molecule has 8 nitrogen and oxygen atoms in total. The monoisotopic (exact) mass is 550 g/mol. The normalized spacial score (nSPS) is 22.9. The van der Waals surface area contributed by atoms with E-state index in [0.29, 0.717) is 31.1 Å². The van der Waals surface area contributed by atoms with E-state index in [1.54, 1.807) is 6.07 Å². The molecule has 0 saturated carbocycles. The Balaban J connectivity index is 1.51. The van der Waals surface area contributed by atoms with E-state index in [-0.39, 0.29) is 28.7 Å². The molecule has 184 valence electrons. The second-order valence-electron chi connectivity index (χ2n) is 9.36. The van der Waals surface area contributed by atoms with Gasteiger partial charge in [-0.2, -0.15) is 5.43 Å².